The zero-order valence-corrected chi connectivity index (χ0v) is 12.1. The fourth-order valence-electron chi connectivity index (χ4n) is 1.88. The van der Waals surface area contributed by atoms with E-state index in [-0.39, 0.29) is 17.7 Å². The largest absolute Gasteiger partial charge is 0.368 e. The smallest absolute Gasteiger partial charge is 0.168 e. The SMILES string of the molecule is CCCNc1nc(N(CCC)C(C)C)c(F)cc1F. The van der Waals surface area contributed by atoms with E-state index in [1.165, 1.54) is 0 Å². The van der Waals surface area contributed by atoms with Crippen molar-refractivity contribution in [1.29, 1.82) is 0 Å². The molecule has 1 rings (SSSR count). The van der Waals surface area contributed by atoms with Crippen molar-refractivity contribution in [2.45, 2.75) is 46.6 Å². The Kier molecular flexibility index (Phi) is 5.99. The van der Waals surface area contributed by atoms with E-state index in [1.807, 2.05) is 32.6 Å². The van der Waals surface area contributed by atoms with Crippen LogP contribution in [0.15, 0.2) is 6.07 Å². The van der Waals surface area contributed by atoms with Crippen LogP contribution in [0.25, 0.3) is 0 Å². The summed E-state index contributed by atoms with van der Waals surface area (Å²) in [4.78, 5) is 5.97. The third-order valence-electron chi connectivity index (χ3n) is 2.81. The van der Waals surface area contributed by atoms with Crippen LogP contribution in [0, 0.1) is 11.6 Å². The summed E-state index contributed by atoms with van der Waals surface area (Å²) in [5.74, 6) is -0.909. The van der Waals surface area contributed by atoms with E-state index in [4.69, 9.17) is 0 Å². The molecule has 19 heavy (non-hydrogen) atoms. The van der Waals surface area contributed by atoms with Crippen molar-refractivity contribution in [3.8, 4) is 0 Å². The highest BCUT2D eigenvalue weighted by Gasteiger charge is 2.19. The lowest BCUT2D eigenvalue weighted by Gasteiger charge is -2.28. The summed E-state index contributed by atoms with van der Waals surface area (Å²) >= 11 is 0. The predicted molar refractivity (Wildman–Crippen MR) is 75.7 cm³/mol. The molecule has 1 N–H and O–H groups in total. The number of rotatable bonds is 7. The van der Waals surface area contributed by atoms with Crippen molar-refractivity contribution in [3.05, 3.63) is 17.7 Å². The van der Waals surface area contributed by atoms with Gasteiger partial charge in [0.15, 0.2) is 23.3 Å². The zero-order valence-electron chi connectivity index (χ0n) is 12.1. The first-order valence-electron chi connectivity index (χ1n) is 6.87. The van der Waals surface area contributed by atoms with E-state index >= 15 is 0 Å². The Hall–Kier alpha value is -1.39. The van der Waals surface area contributed by atoms with Crippen LogP contribution in [0.1, 0.15) is 40.5 Å². The van der Waals surface area contributed by atoms with Gasteiger partial charge >= 0.3 is 0 Å². The molecule has 0 unspecified atom stereocenters. The van der Waals surface area contributed by atoms with Crippen molar-refractivity contribution >= 4 is 11.6 Å². The van der Waals surface area contributed by atoms with Crippen molar-refractivity contribution in [2.75, 3.05) is 23.3 Å². The van der Waals surface area contributed by atoms with E-state index in [0.717, 1.165) is 18.9 Å². The van der Waals surface area contributed by atoms with Crippen molar-refractivity contribution in [2.24, 2.45) is 0 Å². The van der Waals surface area contributed by atoms with Crippen molar-refractivity contribution < 1.29 is 8.78 Å². The second-order valence-corrected chi connectivity index (χ2v) is 4.84. The summed E-state index contributed by atoms with van der Waals surface area (Å²) in [6, 6.07) is 1.03. The molecule has 1 aromatic rings. The molecule has 0 aliphatic carbocycles. The van der Waals surface area contributed by atoms with Crippen molar-refractivity contribution in [3.63, 3.8) is 0 Å². The van der Waals surface area contributed by atoms with Crippen LogP contribution >= 0.6 is 0 Å². The van der Waals surface area contributed by atoms with Gasteiger partial charge in [0, 0.05) is 25.2 Å². The molecule has 0 atom stereocenters. The minimum Gasteiger partial charge on any atom is -0.368 e. The van der Waals surface area contributed by atoms with Gasteiger partial charge in [-0.3, -0.25) is 0 Å². The van der Waals surface area contributed by atoms with Gasteiger partial charge in [-0.1, -0.05) is 13.8 Å². The molecule has 3 nitrogen and oxygen atoms in total. The van der Waals surface area contributed by atoms with Gasteiger partial charge in [0.05, 0.1) is 0 Å². The maximum Gasteiger partial charge on any atom is 0.168 e. The summed E-state index contributed by atoms with van der Waals surface area (Å²) in [6.45, 7) is 9.25. The highest BCUT2D eigenvalue weighted by molar-refractivity contribution is 5.49. The summed E-state index contributed by atoms with van der Waals surface area (Å²) in [6.07, 6.45) is 1.74. The number of pyridine rings is 1. The normalized spacial score (nSPS) is 10.9. The first-order valence-corrected chi connectivity index (χ1v) is 6.87. The average Bonchev–Trinajstić information content (AvgIpc) is 2.35. The minimum absolute atomic E-state index is 0.117. The highest BCUT2D eigenvalue weighted by Crippen LogP contribution is 2.24. The molecule has 0 saturated heterocycles. The molecule has 0 saturated carbocycles. The number of aromatic nitrogens is 1. The molecule has 5 heteroatoms. The Bertz CT molecular complexity index is 408. The highest BCUT2D eigenvalue weighted by atomic mass is 19.1. The molecule has 108 valence electrons. The van der Waals surface area contributed by atoms with Gasteiger partial charge in [0.1, 0.15) is 0 Å². The van der Waals surface area contributed by atoms with E-state index in [9.17, 15) is 8.78 Å². The molecule has 0 fully saturated rings. The summed E-state index contributed by atoms with van der Waals surface area (Å²) in [7, 11) is 0. The maximum atomic E-state index is 13.9. The third kappa shape index (κ3) is 4.04. The Morgan fingerprint density at radius 2 is 1.89 bits per heavy atom. The van der Waals surface area contributed by atoms with Gasteiger partial charge < -0.3 is 10.2 Å². The molecule has 0 aliphatic rings. The second kappa shape index (κ2) is 7.26. The van der Waals surface area contributed by atoms with Crippen LogP contribution in [0.5, 0.6) is 0 Å². The van der Waals surface area contributed by atoms with Crippen molar-refractivity contribution in [1.82, 2.24) is 4.98 Å². The fraction of sp³-hybridized carbons (Fsp3) is 0.643. The zero-order chi connectivity index (χ0) is 14.4. The van der Waals surface area contributed by atoms with E-state index in [0.29, 0.717) is 13.1 Å². The monoisotopic (exact) mass is 271 g/mol. The number of nitrogens with one attached hydrogen (secondary N) is 1. The molecule has 0 aliphatic heterocycles. The quantitative estimate of drug-likeness (QED) is 0.817. The average molecular weight is 271 g/mol. The second-order valence-electron chi connectivity index (χ2n) is 4.84. The molecule has 0 amide bonds. The number of halogens is 2. The molecule has 1 heterocycles. The van der Waals surface area contributed by atoms with Gasteiger partial charge in [-0.25, -0.2) is 13.8 Å². The Balaban J connectivity index is 3.10. The molecule has 0 spiro atoms. The Labute approximate surface area is 114 Å². The Morgan fingerprint density at radius 1 is 1.21 bits per heavy atom. The number of anilines is 2. The Morgan fingerprint density at radius 3 is 2.42 bits per heavy atom. The summed E-state index contributed by atoms with van der Waals surface area (Å²) in [5, 5.41) is 2.89. The van der Waals surface area contributed by atoms with Gasteiger partial charge in [0.25, 0.3) is 0 Å². The molecule has 0 bridgehead atoms. The molecular formula is C14H23F2N3. The predicted octanol–water partition coefficient (Wildman–Crippen LogP) is 3.81. The van der Waals surface area contributed by atoms with Gasteiger partial charge in [-0.2, -0.15) is 0 Å². The lowest BCUT2D eigenvalue weighted by atomic mass is 10.2. The molecule has 0 radical (unpaired) electrons. The van der Waals surface area contributed by atoms with Gasteiger partial charge in [-0.15, -0.1) is 0 Å². The molecule has 1 aromatic heterocycles. The van der Waals surface area contributed by atoms with Crippen LogP contribution in [0.3, 0.4) is 0 Å². The van der Waals surface area contributed by atoms with Gasteiger partial charge in [-0.05, 0) is 26.7 Å². The van der Waals surface area contributed by atoms with Crippen LogP contribution < -0.4 is 10.2 Å². The van der Waals surface area contributed by atoms with E-state index in [1.54, 1.807) is 0 Å². The topological polar surface area (TPSA) is 28.2 Å². The number of hydrogen-bond donors (Lipinski definition) is 1. The van der Waals surface area contributed by atoms with Crippen LogP contribution in [0.4, 0.5) is 20.4 Å². The van der Waals surface area contributed by atoms with Crippen LogP contribution in [-0.4, -0.2) is 24.1 Å². The first kappa shape index (κ1) is 15.7. The first-order chi connectivity index (χ1) is 9.01. The molecule has 0 aromatic carbocycles. The number of hydrogen-bond acceptors (Lipinski definition) is 3. The fourth-order valence-corrected chi connectivity index (χ4v) is 1.88. The van der Waals surface area contributed by atoms with Gasteiger partial charge in [0.2, 0.25) is 0 Å². The van der Waals surface area contributed by atoms with E-state index in [2.05, 4.69) is 10.3 Å². The lowest BCUT2D eigenvalue weighted by Crippen LogP contribution is -2.33. The summed E-state index contributed by atoms with van der Waals surface area (Å²) in [5.41, 5.74) is 0. The molecular weight excluding hydrogens is 248 g/mol. The lowest BCUT2D eigenvalue weighted by molar-refractivity contribution is 0.558. The third-order valence-corrected chi connectivity index (χ3v) is 2.81. The van der Waals surface area contributed by atoms with Crippen LogP contribution in [-0.2, 0) is 0 Å². The van der Waals surface area contributed by atoms with E-state index < -0.39 is 11.6 Å². The minimum atomic E-state index is -0.644. The maximum absolute atomic E-state index is 13.9. The van der Waals surface area contributed by atoms with Crippen LogP contribution in [0.2, 0.25) is 0 Å². The summed E-state index contributed by atoms with van der Waals surface area (Å²) < 4.78 is 27.5. The number of nitrogens with zero attached hydrogens (tertiary/aromatic N) is 2. The standard InChI is InChI=1S/C14H23F2N3/c1-5-7-17-13-11(15)9-12(16)14(18-13)19(8-6-2)10(3)4/h9-10H,5-8H2,1-4H3,(H,17,18).